The van der Waals surface area contributed by atoms with Crippen LogP contribution in [0, 0.1) is 11.3 Å². The second-order valence-corrected chi connectivity index (χ2v) is 7.34. The van der Waals surface area contributed by atoms with Gasteiger partial charge in [0.15, 0.2) is 0 Å². The highest BCUT2D eigenvalue weighted by Crippen LogP contribution is 2.30. The molecule has 24 heavy (non-hydrogen) atoms. The Morgan fingerprint density at radius 1 is 1.12 bits per heavy atom. The molecular formula is C16H8Cl2NO4S-. The molecule has 0 aromatic heterocycles. The van der Waals surface area contributed by atoms with Crippen molar-refractivity contribution in [3.63, 3.8) is 0 Å². The molecule has 0 atom stereocenters. The van der Waals surface area contributed by atoms with Crippen LogP contribution in [0.3, 0.4) is 0 Å². The lowest BCUT2D eigenvalue weighted by Crippen LogP contribution is -2.21. The van der Waals surface area contributed by atoms with Crippen molar-refractivity contribution >= 4 is 45.1 Å². The third-order valence-electron chi connectivity index (χ3n) is 3.03. The number of halogens is 2. The number of allylic oxidation sites excluding steroid dienone is 1. The van der Waals surface area contributed by atoms with Gasteiger partial charge in [0.2, 0.25) is 9.84 Å². The maximum Gasteiger partial charge on any atom is 0.218 e. The molecule has 0 radical (unpaired) electrons. The van der Waals surface area contributed by atoms with Gasteiger partial charge in [0.1, 0.15) is 11.0 Å². The molecule has 2 rings (SSSR count). The molecule has 0 unspecified atom stereocenters. The Morgan fingerprint density at radius 2 is 1.75 bits per heavy atom. The molecule has 122 valence electrons. The Kier molecular flexibility index (Phi) is 5.30. The molecule has 0 aliphatic carbocycles. The Bertz CT molecular complexity index is 974. The maximum absolute atomic E-state index is 12.6. The topological polar surface area (TPSA) is 98.1 Å². The molecule has 5 nitrogen and oxygen atoms in total. The summed E-state index contributed by atoms with van der Waals surface area (Å²) in [5.41, 5.74) is 0.268. The largest absolute Gasteiger partial charge is 0.545 e. The molecule has 0 aliphatic rings. The Labute approximate surface area is 148 Å². The van der Waals surface area contributed by atoms with Gasteiger partial charge in [-0.25, -0.2) is 8.42 Å². The van der Waals surface area contributed by atoms with E-state index in [0.29, 0.717) is 5.56 Å². The Morgan fingerprint density at radius 3 is 2.29 bits per heavy atom. The standard InChI is InChI=1S/C16H9Cl2NO4S/c17-12-5-6-14(18)15(8-12)24(22,23)13(9-19)7-10-1-3-11(4-2-10)16(20)21/h1-8H,(H,20,21)/p-1/b13-7+. The van der Waals surface area contributed by atoms with Crippen LogP contribution >= 0.6 is 23.2 Å². The fraction of sp³-hybridized carbons (Fsp3) is 0. The van der Waals surface area contributed by atoms with E-state index in [-0.39, 0.29) is 20.5 Å². The summed E-state index contributed by atoms with van der Waals surface area (Å²) in [5, 5.41) is 20.0. The first-order valence-electron chi connectivity index (χ1n) is 6.39. The lowest BCUT2D eigenvalue weighted by molar-refractivity contribution is -0.255. The van der Waals surface area contributed by atoms with Gasteiger partial charge in [-0.05, 0) is 35.4 Å². The molecule has 0 aliphatic heterocycles. The number of carbonyl (C=O) groups is 1. The minimum Gasteiger partial charge on any atom is -0.545 e. The summed E-state index contributed by atoms with van der Waals surface area (Å²) in [7, 11) is -4.17. The van der Waals surface area contributed by atoms with Crippen molar-refractivity contribution < 1.29 is 18.3 Å². The van der Waals surface area contributed by atoms with Crippen molar-refractivity contribution in [2.24, 2.45) is 0 Å². The number of sulfone groups is 1. The van der Waals surface area contributed by atoms with Crippen LogP contribution in [0.25, 0.3) is 6.08 Å². The number of rotatable bonds is 4. The fourth-order valence-electron chi connectivity index (χ4n) is 1.84. The first-order chi connectivity index (χ1) is 11.3. The molecule has 8 heteroatoms. The van der Waals surface area contributed by atoms with Crippen molar-refractivity contribution in [2.75, 3.05) is 0 Å². The van der Waals surface area contributed by atoms with Gasteiger partial charge in [0.05, 0.1) is 15.9 Å². The third-order valence-corrected chi connectivity index (χ3v) is 5.41. The quantitative estimate of drug-likeness (QED) is 0.759. The third kappa shape index (κ3) is 3.77. The van der Waals surface area contributed by atoms with Crippen LogP contribution in [-0.4, -0.2) is 14.4 Å². The van der Waals surface area contributed by atoms with Gasteiger partial charge >= 0.3 is 0 Å². The molecule has 0 spiro atoms. The molecule has 2 aromatic carbocycles. The summed E-state index contributed by atoms with van der Waals surface area (Å²) in [6.45, 7) is 0. The average Bonchev–Trinajstić information content (AvgIpc) is 2.55. The van der Waals surface area contributed by atoms with Gasteiger partial charge in [-0.15, -0.1) is 0 Å². The molecule has 0 amide bonds. The summed E-state index contributed by atoms with van der Waals surface area (Å²) >= 11 is 11.7. The van der Waals surface area contributed by atoms with Crippen LogP contribution in [0.5, 0.6) is 0 Å². The maximum atomic E-state index is 12.6. The van der Waals surface area contributed by atoms with Crippen LogP contribution < -0.4 is 5.11 Å². The van der Waals surface area contributed by atoms with Gasteiger partial charge in [0, 0.05) is 5.02 Å². The molecule has 0 saturated heterocycles. The molecule has 0 N–H and O–H groups in total. The highest BCUT2D eigenvalue weighted by molar-refractivity contribution is 7.95. The number of carboxylic acid groups (broad SMARTS) is 1. The normalized spacial score (nSPS) is 11.8. The van der Waals surface area contributed by atoms with E-state index in [4.69, 9.17) is 23.2 Å². The molecular weight excluding hydrogens is 373 g/mol. The van der Waals surface area contributed by atoms with Crippen molar-refractivity contribution in [3.8, 4) is 6.07 Å². The average molecular weight is 381 g/mol. The summed E-state index contributed by atoms with van der Waals surface area (Å²) < 4.78 is 25.2. The van der Waals surface area contributed by atoms with Crippen LogP contribution in [0.1, 0.15) is 15.9 Å². The van der Waals surface area contributed by atoms with Crippen LogP contribution in [0.15, 0.2) is 52.3 Å². The van der Waals surface area contributed by atoms with E-state index in [0.717, 1.165) is 12.1 Å². The monoisotopic (exact) mass is 380 g/mol. The second kappa shape index (κ2) is 7.05. The van der Waals surface area contributed by atoms with Crippen LogP contribution in [0.2, 0.25) is 10.0 Å². The van der Waals surface area contributed by atoms with E-state index < -0.39 is 20.7 Å². The molecule has 0 saturated carbocycles. The van der Waals surface area contributed by atoms with Gasteiger partial charge in [-0.1, -0.05) is 47.5 Å². The van der Waals surface area contributed by atoms with Crippen molar-refractivity contribution in [2.45, 2.75) is 4.90 Å². The summed E-state index contributed by atoms with van der Waals surface area (Å²) in [4.78, 5) is 9.87. The molecule has 0 bridgehead atoms. The first kappa shape index (κ1) is 18.0. The number of hydrogen-bond donors (Lipinski definition) is 0. The van der Waals surface area contributed by atoms with Gasteiger partial charge in [0.25, 0.3) is 0 Å². The predicted molar refractivity (Wildman–Crippen MR) is 88.0 cm³/mol. The van der Waals surface area contributed by atoms with Crippen LogP contribution in [0.4, 0.5) is 0 Å². The molecule has 0 heterocycles. The number of nitriles is 1. The van der Waals surface area contributed by atoms with Crippen molar-refractivity contribution in [1.82, 2.24) is 0 Å². The van der Waals surface area contributed by atoms with E-state index in [2.05, 4.69) is 0 Å². The van der Waals surface area contributed by atoms with Gasteiger partial charge in [-0.2, -0.15) is 5.26 Å². The zero-order chi connectivity index (χ0) is 17.9. The summed E-state index contributed by atoms with van der Waals surface area (Å²) in [6.07, 6.45) is 1.12. The highest BCUT2D eigenvalue weighted by Gasteiger charge is 2.24. The summed E-state index contributed by atoms with van der Waals surface area (Å²) in [5.74, 6) is -1.36. The van der Waals surface area contributed by atoms with Crippen LogP contribution in [-0.2, 0) is 9.84 Å². The number of carbonyl (C=O) groups excluding carboxylic acids is 1. The van der Waals surface area contributed by atoms with E-state index in [9.17, 15) is 23.6 Å². The number of benzene rings is 2. The zero-order valence-corrected chi connectivity index (χ0v) is 14.2. The Balaban J connectivity index is 2.52. The van der Waals surface area contributed by atoms with E-state index in [1.54, 1.807) is 6.07 Å². The lowest BCUT2D eigenvalue weighted by Gasteiger charge is -2.06. The number of hydrogen-bond acceptors (Lipinski definition) is 5. The summed E-state index contributed by atoms with van der Waals surface area (Å²) in [6, 6.07) is 10.7. The predicted octanol–water partition coefficient (Wildman–Crippen LogP) is 2.70. The van der Waals surface area contributed by atoms with Gasteiger partial charge in [-0.3, -0.25) is 0 Å². The number of aromatic carboxylic acids is 1. The molecule has 2 aromatic rings. The van der Waals surface area contributed by atoms with Gasteiger partial charge < -0.3 is 9.90 Å². The first-order valence-corrected chi connectivity index (χ1v) is 8.63. The van der Waals surface area contributed by atoms with E-state index in [1.165, 1.54) is 36.4 Å². The number of carboxylic acids is 1. The van der Waals surface area contributed by atoms with E-state index in [1.807, 2.05) is 0 Å². The minimum atomic E-state index is -4.17. The minimum absolute atomic E-state index is 0.0622. The SMILES string of the molecule is N#C/C(=C\c1ccc(C(=O)[O-])cc1)S(=O)(=O)c1cc(Cl)ccc1Cl. The zero-order valence-electron chi connectivity index (χ0n) is 11.9. The van der Waals surface area contributed by atoms with Crippen molar-refractivity contribution in [1.29, 1.82) is 5.26 Å². The molecule has 0 fully saturated rings. The number of nitrogens with zero attached hydrogens (tertiary/aromatic N) is 1. The second-order valence-electron chi connectivity index (χ2n) is 4.61. The Hall–Kier alpha value is -2.33. The van der Waals surface area contributed by atoms with E-state index >= 15 is 0 Å². The van der Waals surface area contributed by atoms with Crippen molar-refractivity contribution in [3.05, 3.63) is 68.5 Å². The smallest absolute Gasteiger partial charge is 0.218 e. The fourth-order valence-corrected chi connectivity index (χ4v) is 3.75. The highest BCUT2D eigenvalue weighted by atomic mass is 35.5. The lowest BCUT2D eigenvalue weighted by atomic mass is 10.1.